The number of hydrogen-bond donors (Lipinski definition) is 0. The van der Waals surface area contributed by atoms with Crippen molar-refractivity contribution in [3.63, 3.8) is 0 Å². The van der Waals surface area contributed by atoms with E-state index in [-0.39, 0.29) is 12.2 Å². The van der Waals surface area contributed by atoms with Crippen molar-refractivity contribution in [1.29, 1.82) is 5.26 Å². The highest BCUT2D eigenvalue weighted by Crippen LogP contribution is 2.06. The minimum absolute atomic E-state index is 0.0216. The number of nitrogens with zero attached hydrogens (tertiary/aromatic N) is 1. The molecule has 16 heavy (non-hydrogen) atoms. The zero-order valence-corrected chi connectivity index (χ0v) is 8.93. The third-order valence-corrected chi connectivity index (χ3v) is 1.86. The quantitative estimate of drug-likeness (QED) is 0.323. The minimum Gasteiger partial charge on any atom is -0.462 e. The largest absolute Gasteiger partial charge is 0.462 e. The molecule has 0 fully saturated rings. The molecule has 1 aromatic carbocycles. The van der Waals surface area contributed by atoms with Crippen molar-refractivity contribution in [2.45, 2.75) is 6.92 Å². The zero-order valence-electron chi connectivity index (χ0n) is 8.93. The van der Waals surface area contributed by atoms with E-state index in [1.807, 2.05) is 0 Å². The van der Waals surface area contributed by atoms with E-state index >= 15 is 0 Å². The van der Waals surface area contributed by atoms with Crippen molar-refractivity contribution in [3.05, 3.63) is 35.4 Å². The summed E-state index contributed by atoms with van der Waals surface area (Å²) in [6.45, 7) is 1.94. The summed E-state index contributed by atoms with van der Waals surface area (Å²) in [6, 6.07) is 8.66. The predicted octanol–water partition coefficient (Wildman–Crippen LogP) is 0.950. The van der Waals surface area contributed by atoms with Crippen molar-refractivity contribution in [2.24, 2.45) is 0 Å². The lowest BCUT2D eigenvalue weighted by molar-refractivity contribution is -0.137. The van der Waals surface area contributed by atoms with Crippen LogP contribution in [0.4, 0.5) is 0 Å². The van der Waals surface area contributed by atoms with Crippen LogP contribution in [0.1, 0.15) is 12.5 Å². The smallest absolute Gasteiger partial charge is 0.348 e. The lowest BCUT2D eigenvalue weighted by Gasteiger charge is -2.00. The van der Waals surface area contributed by atoms with Crippen LogP contribution in [-0.2, 0) is 9.53 Å². The molecule has 0 heterocycles. The fourth-order valence-electron chi connectivity index (χ4n) is 1.10. The molecular formula is C12H10BNO2. The molecule has 78 valence electrons. The minimum atomic E-state index is -0.609. The van der Waals surface area contributed by atoms with E-state index in [0.717, 1.165) is 5.56 Å². The number of hydrogen-bond acceptors (Lipinski definition) is 3. The molecule has 0 unspecified atom stereocenters. The van der Waals surface area contributed by atoms with Gasteiger partial charge in [0.05, 0.1) is 6.61 Å². The third kappa shape index (κ3) is 3.28. The summed E-state index contributed by atoms with van der Waals surface area (Å²) >= 11 is 0. The highest BCUT2D eigenvalue weighted by atomic mass is 16.5. The molecule has 0 aliphatic carbocycles. The Morgan fingerprint density at radius 1 is 1.50 bits per heavy atom. The van der Waals surface area contributed by atoms with Gasteiger partial charge in [-0.2, -0.15) is 5.26 Å². The van der Waals surface area contributed by atoms with Crippen molar-refractivity contribution < 1.29 is 9.53 Å². The standard InChI is InChI=1S/C12H10BNO2/c1-2-16-12(15)10(8-14)7-9-3-5-11(13)6-4-9/h3-7H,2H2,1H3/b10-7+. The second-order valence-electron chi connectivity index (χ2n) is 3.06. The van der Waals surface area contributed by atoms with Crippen LogP contribution in [0.3, 0.4) is 0 Å². The van der Waals surface area contributed by atoms with E-state index < -0.39 is 5.97 Å². The van der Waals surface area contributed by atoms with E-state index in [0.29, 0.717) is 5.46 Å². The van der Waals surface area contributed by atoms with Crippen LogP contribution < -0.4 is 5.46 Å². The Bertz CT molecular complexity index is 443. The van der Waals surface area contributed by atoms with Crippen LogP contribution in [0.25, 0.3) is 6.08 Å². The summed E-state index contributed by atoms with van der Waals surface area (Å²) in [6.07, 6.45) is 1.47. The Morgan fingerprint density at radius 3 is 2.62 bits per heavy atom. The fourth-order valence-corrected chi connectivity index (χ4v) is 1.10. The van der Waals surface area contributed by atoms with Crippen molar-refractivity contribution in [3.8, 4) is 6.07 Å². The predicted molar refractivity (Wildman–Crippen MR) is 62.1 cm³/mol. The van der Waals surface area contributed by atoms with Crippen LogP contribution >= 0.6 is 0 Å². The van der Waals surface area contributed by atoms with Crippen LogP contribution in [0.5, 0.6) is 0 Å². The summed E-state index contributed by atoms with van der Waals surface area (Å²) in [4.78, 5) is 11.3. The average Bonchev–Trinajstić information content (AvgIpc) is 2.28. The first-order valence-corrected chi connectivity index (χ1v) is 4.82. The molecule has 2 radical (unpaired) electrons. The molecule has 4 heteroatoms. The SMILES string of the molecule is [B]c1ccc(/C=C(\C#N)C(=O)OCC)cc1. The summed E-state index contributed by atoms with van der Waals surface area (Å²) in [5, 5.41) is 8.80. The number of ether oxygens (including phenoxy) is 1. The van der Waals surface area contributed by atoms with E-state index in [2.05, 4.69) is 0 Å². The van der Waals surface area contributed by atoms with Gasteiger partial charge in [-0.1, -0.05) is 29.7 Å². The molecule has 0 amide bonds. The van der Waals surface area contributed by atoms with Gasteiger partial charge in [0.1, 0.15) is 19.5 Å². The van der Waals surface area contributed by atoms with Gasteiger partial charge in [0.25, 0.3) is 0 Å². The maximum absolute atomic E-state index is 11.3. The van der Waals surface area contributed by atoms with Gasteiger partial charge in [0.2, 0.25) is 0 Å². The van der Waals surface area contributed by atoms with Gasteiger partial charge in [0, 0.05) is 0 Å². The topological polar surface area (TPSA) is 50.1 Å². The van der Waals surface area contributed by atoms with Gasteiger partial charge in [-0.15, -0.1) is 0 Å². The molecule has 0 spiro atoms. The molecule has 0 aromatic heterocycles. The Balaban J connectivity index is 2.92. The van der Waals surface area contributed by atoms with Gasteiger partial charge >= 0.3 is 5.97 Å². The molecule has 0 aliphatic heterocycles. The van der Waals surface area contributed by atoms with Crippen molar-refractivity contribution in [1.82, 2.24) is 0 Å². The Hall–Kier alpha value is -2.02. The molecule has 0 saturated heterocycles. The first-order valence-electron chi connectivity index (χ1n) is 4.82. The Morgan fingerprint density at radius 2 is 2.12 bits per heavy atom. The maximum Gasteiger partial charge on any atom is 0.348 e. The molecule has 0 saturated carbocycles. The molecule has 1 aromatic rings. The molecule has 0 bridgehead atoms. The number of rotatable bonds is 3. The number of nitriles is 1. The van der Waals surface area contributed by atoms with E-state index in [1.165, 1.54) is 6.08 Å². The number of benzene rings is 1. The Labute approximate surface area is 95.8 Å². The van der Waals surface area contributed by atoms with Crippen molar-refractivity contribution >= 4 is 25.4 Å². The van der Waals surface area contributed by atoms with Gasteiger partial charge in [-0.3, -0.25) is 0 Å². The van der Waals surface area contributed by atoms with Gasteiger partial charge in [-0.25, -0.2) is 4.79 Å². The molecule has 0 N–H and O–H groups in total. The normalized spacial score (nSPS) is 10.6. The van der Waals surface area contributed by atoms with Crippen LogP contribution in [0.2, 0.25) is 0 Å². The molecule has 1 rings (SSSR count). The number of carbonyl (C=O) groups is 1. The van der Waals surface area contributed by atoms with Gasteiger partial charge in [-0.05, 0) is 18.6 Å². The van der Waals surface area contributed by atoms with E-state index in [4.69, 9.17) is 17.8 Å². The second kappa shape index (κ2) is 5.77. The Kier molecular flexibility index (Phi) is 4.35. The first kappa shape index (κ1) is 12.1. The van der Waals surface area contributed by atoms with Crippen LogP contribution in [0, 0.1) is 11.3 Å². The number of esters is 1. The zero-order chi connectivity index (χ0) is 12.0. The molecule has 3 nitrogen and oxygen atoms in total. The fraction of sp³-hybridized carbons (Fsp3) is 0.167. The third-order valence-electron chi connectivity index (χ3n) is 1.86. The van der Waals surface area contributed by atoms with Crippen molar-refractivity contribution in [2.75, 3.05) is 6.61 Å². The second-order valence-corrected chi connectivity index (χ2v) is 3.06. The van der Waals surface area contributed by atoms with Crippen LogP contribution in [-0.4, -0.2) is 20.4 Å². The lowest BCUT2D eigenvalue weighted by atomic mass is 9.95. The summed E-state index contributed by atoms with van der Waals surface area (Å²) in [5.74, 6) is -0.609. The number of carbonyl (C=O) groups excluding carboxylic acids is 1. The summed E-state index contributed by atoms with van der Waals surface area (Å²) in [7, 11) is 5.52. The lowest BCUT2D eigenvalue weighted by Crippen LogP contribution is -2.06. The average molecular weight is 211 g/mol. The van der Waals surface area contributed by atoms with Crippen LogP contribution in [0.15, 0.2) is 29.8 Å². The first-order chi connectivity index (χ1) is 7.67. The molecule has 0 aliphatic rings. The summed E-state index contributed by atoms with van der Waals surface area (Å²) < 4.78 is 4.74. The monoisotopic (exact) mass is 211 g/mol. The van der Waals surface area contributed by atoms with E-state index in [1.54, 1.807) is 37.3 Å². The molecule has 0 atom stereocenters. The molecular weight excluding hydrogens is 201 g/mol. The summed E-state index contributed by atoms with van der Waals surface area (Å²) in [5.41, 5.74) is 1.34. The highest BCUT2D eigenvalue weighted by Gasteiger charge is 2.09. The maximum atomic E-state index is 11.3. The highest BCUT2D eigenvalue weighted by molar-refractivity contribution is 6.32. The van der Waals surface area contributed by atoms with Gasteiger partial charge < -0.3 is 4.74 Å². The van der Waals surface area contributed by atoms with Gasteiger partial charge in [0.15, 0.2) is 0 Å². The van der Waals surface area contributed by atoms with E-state index in [9.17, 15) is 4.79 Å².